The van der Waals surface area contributed by atoms with E-state index >= 15 is 0 Å². The van der Waals surface area contributed by atoms with E-state index in [1.165, 1.54) is 10.9 Å². The first kappa shape index (κ1) is 14.7. The second kappa shape index (κ2) is 6.61. The van der Waals surface area contributed by atoms with Crippen LogP contribution in [0.1, 0.15) is 27.6 Å². The van der Waals surface area contributed by atoms with Crippen LogP contribution < -0.4 is 5.32 Å². The lowest BCUT2D eigenvalue weighted by Gasteiger charge is -2.05. The fourth-order valence-electron chi connectivity index (χ4n) is 1.79. The molecule has 2 aromatic rings. The van der Waals surface area contributed by atoms with Crippen LogP contribution in [0, 0.1) is 19.7 Å². The predicted molar refractivity (Wildman–Crippen MR) is 78.2 cm³/mol. The summed E-state index contributed by atoms with van der Waals surface area (Å²) < 4.78 is 13.4. The number of carbonyl (C=O) groups excluding carboxylic acids is 1. The second-order valence-corrected chi connectivity index (χ2v) is 5.91. The summed E-state index contributed by atoms with van der Waals surface area (Å²) in [6.45, 7) is 4.21. The highest BCUT2D eigenvalue weighted by molar-refractivity contribution is 7.11. The molecule has 0 atom stereocenters. The Morgan fingerprint density at radius 3 is 2.75 bits per heavy atom. The van der Waals surface area contributed by atoms with Gasteiger partial charge in [0.05, 0.1) is 10.7 Å². The van der Waals surface area contributed by atoms with Crippen LogP contribution in [-0.2, 0) is 17.8 Å². The Balaban J connectivity index is 1.80. The van der Waals surface area contributed by atoms with Crippen LogP contribution in [-0.4, -0.2) is 10.9 Å². The Bertz CT molecular complexity index is 590. The lowest BCUT2D eigenvalue weighted by atomic mass is 10.2. The summed E-state index contributed by atoms with van der Waals surface area (Å²) in [6.07, 6.45) is 1.00. The highest BCUT2D eigenvalue weighted by Gasteiger charge is 2.08. The van der Waals surface area contributed by atoms with Crippen molar-refractivity contribution in [3.63, 3.8) is 0 Å². The molecular formula is C15H17FN2OS. The lowest BCUT2D eigenvalue weighted by Crippen LogP contribution is -2.23. The van der Waals surface area contributed by atoms with E-state index in [1.807, 2.05) is 13.8 Å². The molecule has 0 unspecified atom stereocenters. The molecule has 0 aliphatic carbocycles. The van der Waals surface area contributed by atoms with Gasteiger partial charge in [-0.15, -0.1) is 11.3 Å². The fraction of sp³-hybridized carbons (Fsp3) is 0.333. The van der Waals surface area contributed by atoms with Gasteiger partial charge in [-0.05, 0) is 19.9 Å². The largest absolute Gasteiger partial charge is 0.352 e. The smallest absolute Gasteiger partial charge is 0.220 e. The Kier molecular flexibility index (Phi) is 4.84. The number of benzene rings is 1. The second-order valence-electron chi connectivity index (χ2n) is 4.62. The molecule has 0 radical (unpaired) electrons. The maximum absolute atomic E-state index is 13.4. The van der Waals surface area contributed by atoms with Crippen molar-refractivity contribution in [1.29, 1.82) is 0 Å². The van der Waals surface area contributed by atoms with E-state index in [1.54, 1.807) is 29.5 Å². The molecular weight excluding hydrogens is 275 g/mol. The number of nitrogens with one attached hydrogen (secondary N) is 1. The molecule has 0 aliphatic heterocycles. The summed E-state index contributed by atoms with van der Waals surface area (Å²) >= 11 is 1.62. The maximum Gasteiger partial charge on any atom is 0.220 e. The van der Waals surface area contributed by atoms with Gasteiger partial charge >= 0.3 is 0 Å². The molecule has 20 heavy (non-hydrogen) atoms. The molecule has 0 fully saturated rings. The molecule has 5 heteroatoms. The van der Waals surface area contributed by atoms with Crippen LogP contribution in [0.15, 0.2) is 24.3 Å². The highest BCUT2D eigenvalue weighted by Crippen LogP contribution is 2.17. The molecule has 0 spiro atoms. The van der Waals surface area contributed by atoms with Gasteiger partial charge in [0.2, 0.25) is 5.91 Å². The van der Waals surface area contributed by atoms with Crippen molar-refractivity contribution in [3.8, 4) is 0 Å². The van der Waals surface area contributed by atoms with E-state index in [0.29, 0.717) is 18.4 Å². The Hall–Kier alpha value is -1.75. The molecule has 0 saturated carbocycles. The molecule has 0 bridgehead atoms. The van der Waals surface area contributed by atoms with Gasteiger partial charge in [-0.3, -0.25) is 4.79 Å². The molecule has 106 valence electrons. The molecule has 1 heterocycles. The highest BCUT2D eigenvalue weighted by atomic mass is 32.1. The number of hydrogen-bond donors (Lipinski definition) is 1. The van der Waals surface area contributed by atoms with Gasteiger partial charge in [-0.1, -0.05) is 18.2 Å². The van der Waals surface area contributed by atoms with Gasteiger partial charge in [0.1, 0.15) is 5.82 Å². The molecule has 2 rings (SSSR count). The average Bonchev–Trinajstić information content (AvgIpc) is 2.75. The first-order valence-electron chi connectivity index (χ1n) is 6.49. The van der Waals surface area contributed by atoms with Crippen LogP contribution in [0.3, 0.4) is 0 Å². The van der Waals surface area contributed by atoms with Crippen LogP contribution in [0.25, 0.3) is 0 Å². The SMILES string of the molecule is Cc1nc(CCC(=O)NCc2ccccc2F)sc1C. The van der Waals surface area contributed by atoms with Gasteiger partial charge in [0.15, 0.2) is 0 Å². The van der Waals surface area contributed by atoms with Gasteiger partial charge in [0.25, 0.3) is 0 Å². The molecule has 3 nitrogen and oxygen atoms in total. The number of carbonyl (C=O) groups is 1. The Labute approximate surface area is 121 Å². The van der Waals surface area contributed by atoms with Crippen LogP contribution in [0.2, 0.25) is 0 Å². The molecule has 0 aliphatic rings. The van der Waals surface area contributed by atoms with Crippen molar-refractivity contribution in [2.75, 3.05) is 0 Å². The van der Waals surface area contributed by atoms with Crippen LogP contribution in [0.5, 0.6) is 0 Å². The first-order chi connectivity index (χ1) is 9.56. The van der Waals surface area contributed by atoms with Gasteiger partial charge in [-0.25, -0.2) is 9.37 Å². The van der Waals surface area contributed by atoms with Crippen LogP contribution in [0.4, 0.5) is 4.39 Å². The fourth-order valence-corrected chi connectivity index (χ4v) is 2.72. The van der Waals surface area contributed by atoms with Crippen molar-refractivity contribution in [3.05, 3.63) is 51.2 Å². The van der Waals surface area contributed by atoms with E-state index < -0.39 is 0 Å². The number of halogens is 1. The van der Waals surface area contributed by atoms with Gasteiger partial charge in [0, 0.05) is 29.8 Å². The zero-order chi connectivity index (χ0) is 14.5. The molecule has 1 aromatic heterocycles. The number of hydrogen-bond acceptors (Lipinski definition) is 3. The number of thiazole rings is 1. The monoisotopic (exact) mass is 292 g/mol. The van der Waals surface area contributed by atoms with Crippen molar-refractivity contribution in [2.24, 2.45) is 0 Å². The number of rotatable bonds is 5. The molecule has 1 aromatic carbocycles. The summed E-state index contributed by atoms with van der Waals surface area (Å²) in [6, 6.07) is 6.45. The summed E-state index contributed by atoms with van der Waals surface area (Å²) in [5.74, 6) is -0.377. The van der Waals surface area contributed by atoms with E-state index in [-0.39, 0.29) is 18.3 Å². The van der Waals surface area contributed by atoms with E-state index in [2.05, 4.69) is 10.3 Å². The third kappa shape index (κ3) is 3.87. The minimum absolute atomic E-state index is 0.0845. The maximum atomic E-state index is 13.4. The van der Waals surface area contributed by atoms with Crippen molar-refractivity contribution in [1.82, 2.24) is 10.3 Å². The third-order valence-corrected chi connectivity index (χ3v) is 4.21. The van der Waals surface area contributed by atoms with Crippen molar-refractivity contribution >= 4 is 17.2 Å². The minimum atomic E-state index is -0.293. The summed E-state index contributed by atoms with van der Waals surface area (Å²) in [4.78, 5) is 17.3. The number of amides is 1. The van der Waals surface area contributed by atoms with E-state index in [0.717, 1.165) is 10.7 Å². The van der Waals surface area contributed by atoms with Crippen LogP contribution >= 0.6 is 11.3 Å². The third-order valence-electron chi connectivity index (χ3n) is 3.07. The van der Waals surface area contributed by atoms with Crippen molar-refractivity contribution in [2.45, 2.75) is 33.2 Å². The molecule has 1 N–H and O–H groups in total. The molecule has 1 amide bonds. The van der Waals surface area contributed by atoms with Gasteiger partial charge < -0.3 is 5.32 Å². The number of nitrogens with zero attached hydrogens (tertiary/aromatic N) is 1. The van der Waals surface area contributed by atoms with E-state index in [9.17, 15) is 9.18 Å². The Morgan fingerprint density at radius 1 is 1.35 bits per heavy atom. The lowest BCUT2D eigenvalue weighted by molar-refractivity contribution is -0.121. The number of aryl methyl sites for hydroxylation is 3. The van der Waals surface area contributed by atoms with E-state index in [4.69, 9.17) is 0 Å². The number of aromatic nitrogens is 1. The molecule has 0 saturated heterocycles. The predicted octanol–water partition coefficient (Wildman–Crippen LogP) is 3.15. The zero-order valence-corrected chi connectivity index (χ0v) is 12.4. The first-order valence-corrected chi connectivity index (χ1v) is 7.31. The normalized spacial score (nSPS) is 10.6. The zero-order valence-electron chi connectivity index (χ0n) is 11.6. The summed E-state index contributed by atoms with van der Waals surface area (Å²) in [5.41, 5.74) is 1.53. The quantitative estimate of drug-likeness (QED) is 0.920. The van der Waals surface area contributed by atoms with Gasteiger partial charge in [-0.2, -0.15) is 0 Å². The average molecular weight is 292 g/mol. The minimum Gasteiger partial charge on any atom is -0.352 e. The topological polar surface area (TPSA) is 42.0 Å². The summed E-state index contributed by atoms with van der Waals surface area (Å²) in [7, 11) is 0. The Morgan fingerprint density at radius 2 is 2.10 bits per heavy atom. The standard InChI is InChI=1S/C15H17FN2OS/c1-10-11(2)20-15(18-10)8-7-14(19)17-9-12-5-3-4-6-13(12)16/h3-6H,7-9H2,1-2H3,(H,17,19). The van der Waals surface area contributed by atoms with Crippen molar-refractivity contribution < 1.29 is 9.18 Å². The summed E-state index contributed by atoms with van der Waals surface area (Å²) in [5, 5.41) is 3.70.